The number of hydrogen-bond donors (Lipinski definition) is 0. The maximum atomic E-state index is 12.3. The van der Waals surface area contributed by atoms with Crippen LogP contribution in [0.15, 0.2) is 78.9 Å². The Kier molecular flexibility index (Phi) is 6.25. The zero-order valence-electron chi connectivity index (χ0n) is 15.1. The van der Waals surface area contributed by atoms with Gasteiger partial charge >= 0.3 is 5.97 Å². The summed E-state index contributed by atoms with van der Waals surface area (Å²) < 4.78 is 10.5. The fourth-order valence-corrected chi connectivity index (χ4v) is 2.70. The van der Waals surface area contributed by atoms with Gasteiger partial charge in [-0.1, -0.05) is 41.9 Å². The first kappa shape index (κ1) is 19.4. The van der Waals surface area contributed by atoms with Crippen molar-refractivity contribution in [1.29, 1.82) is 0 Å². The molecule has 3 rings (SSSR count). The standard InChI is InChI=1S/C23H17ClO4/c1-27-19-6-4-5-16(15-19)9-14-22(25)17-10-12-18(13-11-17)28-23(26)20-7-2-3-8-21(20)24/h2-15H,1H3/b14-9+. The molecule has 5 heteroatoms. The first-order chi connectivity index (χ1) is 13.6. The van der Waals surface area contributed by atoms with E-state index in [1.54, 1.807) is 61.7 Å². The van der Waals surface area contributed by atoms with Crippen molar-refractivity contribution in [3.8, 4) is 11.5 Å². The summed E-state index contributed by atoms with van der Waals surface area (Å²) in [6.45, 7) is 0. The van der Waals surface area contributed by atoms with Gasteiger partial charge in [0.2, 0.25) is 0 Å². The predicted octanol–water partition coefficient (Wildman–Crippen LogP) is 5.46. The second kappa shape index (κ2) is 9.02. The number of carbonyl (C=O) groups is 2. The molecule has 0 aliphatic carbocycles. The van der Waals surface area contributed by atoms with Gasteiger partial charge < -0.3 is 9.47 Å². The molecule has 3 aromatic carbocycles. The smallest absolute Gasteiger partial charge is 0.345 e. The number of ketones is 1. The molecular formula is C23H17ClO4. The van der Waals surface area contributed by atoms with Crippen molar-refractivity contribution in [2.75, 3.05) is 7.11 Å². The molecule has 0 heterocycles. The third-order valence-corrected chi connectivity index (χ3v) is 4.29. The van der Waals surface area contributed by atoms with Gasteiger partial charge in [0.25, 0.3) is 0 Å². The molecule has 0 saturated heterocycles. The molecule has 0 bridgehead atoms. The van der Waals surface area contributed by atoms with Crippen molar-refractivity contribution in [3.63, 3.8) is 0 Å². The van der Waals surface area contributed by atoms with E-state index in [4.69, 9.17) is 21.1 Å². The summed E-state index contributed by atoms with van der Waals surface area (Å²) in [7, 11) is 1.59. The number of ether oxygens (including phenoxy) is 2. The normalized spacial score (nSPS) is 10.6. The van der Waals surface area contributed by atoms with Crippen molar-refractivity contribution >= 4 is 29.4 Å². The highest BCUT2D eigenvalue weighted by atomic mass is 35.5. The van der Waals surface area contributed by atoms with E-state index >= 15 is 0 Å². The SMILES string of the molecule is COc1cccc(/C=C/C(=O)c2ccc(OC(=O)c3ccccc3Cl)cc2)c1. The summed E-state index contributed by atoms with van der Waals surface area (Å²) in [5, 5.41) is 0.321. The first-order valence-electron chi connectivity index (χ1n) is 8.50. The second-order valence-electron chi connectivity index (χ2n) is 5.87. The number of allylic oxidation sites excluding steroid dienone is 1. The minimum absolute atomic E-state index is 0.160. The number of hydrogen-bond acceptors (Lipinski definition) is 4. The van der Waals surface area contributed by atoms with E-state index < -0.39 is 5.97 Å². The quantitative estimate of drug-likeness (QED) is 0.242. The third-order valence-electron chi connectivity index (χ3n) is 3.96. The van der Waals surface area contributed by atoms with Crippen molar-refractivity contribution in [1.82, 2.24) is 0 Å². The fourth-order valence-electron chi connectivity index (χ4n) is 2.49. The number of carbonyl (C=O) groups excluding carboxylic acids is 2. The van der Waals surface area contributed by atoms with Gasteiger partial charge in [0.1, 0.15) is 11.5 Å². The van der Waals surface area contributed by atoms with Crippen molar-refractivity contribution in [3.05, 3.63) is 101 Å². The average Bonchev–Trinajstić information content (AvgIpc) is 2.73. The molecule has 0 saturated carbocycles. The molecule has 4 nitrogen and oxygen atoms in total. The van der Waals surface area contributed by atoms with E-state index in [0.29, 0.717) is 16.3 Å². The molecule has 28 heavy (non-hydrogen) atoms. The van der Waals surface area contributed by atoms with E-state index in [2.05, 4.69) is 0 Å². The number of rotatable bonds is 6. The van der Waals surface area contributed by atoms with Gasteiger partial charge in [-0.05, 0) is 60.2 Å². The Bertz CT molecular complexity index is 1020. The van der Waals surface area contributed by atoms with Crippen LogP contribution in [0.25, 0.3) is 6.08 Å². The Morgan fingerprint density at radius 2 is 1.64 bits per heavy atom. The maximum Gasteiger partial charge on any atom is 0.345 e. The largest absolute Gasteiger partial charge is 0.497 e. The molecule has 0 N–H and O–H groups in total. The molecule has 0 unspecified atom stereocenters. The Balaban J connectivity index is 1.66. The van der Waals surface area contributed by atoms with Crippen LogP contribution in [-0.2, 0) is 0 Å². The number of methoxy groups -OCH3 is 1. The van der Waals surface area contributed by atoms with Gasteiger partial charge in [-0.3, -0.25) is 4.79 Å². The van der Waals surface area contributed by atoms with Crippen molar-refractivity contribution in [2.45, 2.75) is 0 Å². The second-order valence-corrected chi connectivity index (χ2v) is 6.28. The predicted molar refractivity (Wildman–Crippen MR) is 109 cm³/mol. The van der Waals surface area contributed by atoms with E-state index in [0.717, 1.165) is 11.3 Å². The van der Waals surface area contributed by atoms with Crippen molar-refractivity contribution in [2.24, 2.45) is 0 Å². The topological polar surface area (TPSA) is 52.6 Å². The molecule has 0 amide bonds. The van der Waals surface area contributed by atoms with Crippen LogP contribution >= 0.6 is 11.6 Å². The lowest BCUT2D eigenvalue weighted by atomic mass is 10.1. The van der Waals surface area contributed by atoms with Gasteiger partial charge in [0.15, 0.2) is 5.78 Å². The zero-order valence-corrected chi connectivity index (χ0v) is 15.8. The number of halogens is 1. The van der Waals surface area contributed by atoms with Crippen LogP contribution in [0.5, 0.6) is 11.5 Å². The molecule has 0 aliphatic heterocycles. The van der Waals surface area contributed by atoms with Crippen LogP contribution in [0.1, 0.15) is 26.3 Å². The summed E-state index contributed by atoms with van der Waals surface area (Å²) in [6.07, 6.45) is 3.20. The van der Waals surface area contributed by atoms with E-state index in [9.17, 15) is 9.59 Å². The Morgan fingerprint density at radius 1 is 0.893 bits per heavy atom. The highest BCUT2D eigenvalue weighted by Gasteiger charge is 2.12. The lowest BCUT2D eigenvalue weighted by Gasteiger charge is -2.06. The molecule has 3 aromatic rings. The molecule has 140 valence electrons. The highest BCUT2D eigenvalue weighted by Crippen LogP contribution is 2.20. The maximum absolute atomic E-state index is 12.3. The molecule has 0 atom stereocenters. The van der Waals surface area contributed by atoms with E-state index in [1.807, 2.05) is 24.3 Å². The Morgan fingerprint density at radius 3 is 2.36 bits per heavy atom. The Labute approximate surface area is 168 Å². The molecule has 0 radical (unpaired) electrons. The van der Waals surface area contributed by atoms with E-state index in [-0.39, 0.29) is 11.3 Å². The van der Waals surface area contributed by atoms with Crippen molar-refractivity contribution < 1.29 is 19.1 Å². The Hall–Kier alpha value is -3.37. The summed E-state index contributed by atoms with van der Waals surface area (Å²) in [5.41, 5.74) is 1.63. The summed E-state index contributed by atoms with van der Waals surface area (Å²) in [4.78, 5) is 24.5. The van der Waals surface area contributed by atoms with Crippen LogP contribution in [0, 0.1) is 0 Å². The molecular weight excluding hydrogens is 376 g/mol. The van der Waals surface area contributed by atoms with Gasteiger partial charge in [-0.15, -0.1) is 0 Å². The lowest BCUT2D eigenvalue weighted by molar-refractivity contribution is 0.0735. The summed E-state index contributed by atoms with van der Waals surface area (Å²) in [5.74, 6) is 0.340. The van der Waals surface area contributed by atoms with E-state index in [1.165, 1.54) is 6.08 Å². The first-order valence-corrected chi connectivity index (χ1v) is 8.88. The minimum Gasteiger partial charge on any atom is -0.497 e. The van der Waals surface area contributed by atoms with Gasteiger partial charge in [-0.2, -0.15) is 0 Å². The van der Waals surface area contributed by atoms with Gasteiger partial charge in [0, 0.05) is 5.56 Å². The molecule has 0 spiro atoms. The molecule has 0 aromatic heterocycles. The zero-order chi connectivity index (χ0) is 19.9. The van der Waals surface area contributed by atoms with Crippen LogP contribution in [0.3, 0.4) is 0 Å². The summed E-state index contributed by atoms with van der Waals surface area (Å²) in [6, 6.07) is 20.4. The number of benzene rings is 3. The van der Waals surface area contributed by atoms with Gasteiger partial charge in [0.05, 0.1) is 17.7 Å². The molecule has 0 fully saturated rings. The van der Waals surface area contributed by atoms with Crippen LogP contribution in [0.4, 0.5) is 0 Å². The third kappa shape index (κ3) is 4.87. The van der Waals surface area contributed by atoms with Crippen LogP contribution in [0.2, 0.25) is 5.02 Å². The van der Waals surface area contributed by atoms with Crippen LogP contribution < -0.4 is 9.47 Å². The molecule has 0 aliphatic rings. The monoisotopic (exact) mass is 392 g/mol. The van der Waals surface area contributed by atoms with Crippen LogP contribution in [-0.4, -0.2) is 18.9 Å². The fraction of sp³-hybridized carbons (Fsp3) is 0.0435. The summed E-state index contributed by atoms with van der Waals surface area (Å²) >= 11 is 6.00. The van der Waals surface area contributed by atoms with Gasteiger partial charge in [-0.25, -0.2) is 4.79 Å². The number of esters is 1. The highest BCUT2D eigenvalue weighted by molar-refractivity contribution is 6.33. The minimum atomic E-state index is -0.553. The lowest BCUT2D eigenvalue weighted by Crippen LogP contribution is -2.09. The average molecular weight is 393 g/mol.